The normalized spacial score (nSPS) is 18.4. The molecule has 1 saturated heterocycles. The number of rotatable bonds is 4. The summed E-state index contributed by atoms with van der Waals surface area (Å²) >= 11 is 0. The Balaban J connectivity index is 0.00000300. The zero-order valence-electron chi connectivity index (χ0n) is 17.7. The van der Waals surface area contributed by atoms with Crippen LogP contribution in [0.5, 0.6) is 11.5 Å². The smallest absolute Gasteiger partial charge is 0.410 e. The van der Waals surface area contributed by atoms with Crippen molar-refractivity contribution in [3.63, 3.8) is 0 Å². The molecule has 1 atom stereocenters. The SMILES string of the molecule is COc1ccc(CNC2=NCC3CN(C(=O)OC(C)(C)C)CCN23)cc1OC.I. The van der Waals surface area contributed by atoms with E-state index in [0.29, 0.717) is 37.7 Å². The molecule has 8 nitrogen and oxygen atoms in total. The number of fused-ring (bicyclic) bond motifs is 1. The highest BCUT2D eigenvalue weighted by Gasteiger charge is 2.36. The number of carbonyl (C=O) groups excluding carboxylic acids is 1. The molecule has 0 aliphatic carbocycles. The van der Waals surface area contributed by atoms with Crippen LogP contribution in [0.1, 0.15) is 26.3 Å². The van der Waals surface area contributed by atoms with Crippen molar-refractivity contribution in [2.75, 3.05) is 40.4 Å². The maximum absolute atomic E-state index is 12.3. The Hall–Kier alpha value is -1.91. The first kappa shape index (κ1) is 23.4. The minimum absolute atomic E-state index is 0. The average molecular weight is 518 g/mol. The molecule has 9 heteroatoms. The first-order valence-corrected chi connectivity index (χ1v) is 9.54. The highest BCUT2D eigenvalue weighted by atomic mass is 127. The standard InChI is InChI=1S/C20H30N4O4.HI/c1-20(2,3)28-19(25)23-8-9-24-15(13-23)12-22-18(24)21-11-14-6-7-16(26-4)17(10-14)27-5;/h6-7,10,15H,8-9,11-13H2,1-5H3,(H,21,22);1H. The molecule has 1 unspecified atom stereocenters. The van der Waals surface area contributed by atoms with Gasteiger partial charge < -0.3 is 29.3 Å². The Morgan fingerprint density at radius 2 is 1.93 bits per heavy atom. The fourth-order valence-corrected chi connectivity index (χ4v) is 3.39. The molecule has 2 heterocycles. The number of guanidine groups is 1. The van der Waals surface area contributed by atoms with E-state index in [1.807, 2.05) is 39.0 Å². The van der Waals surface area contributed by atoms with Gasteiger partial charge in [-0.3, -0.25) is 4.99 Å². The molecule has 1 amide bonds. The van der Waals surface area contributed by atoms with Crippen molar-refractivity contribution >= 4 is 36.0 Å². The van der Waals surface area contributed by atoms with Gasteiger partial charge in [0.05, 0.1) is 26.8 Å². The van der Waals surface area contributed by atoms with E-state index >= 15 is 0 Å². The summed E-state index contributed by atoms with van der Waals surface area (Å²) in [5.41, 5.74) is 0.600. The number of aliphatic imine (C=N–C) groups is 1. The second-order valence-electron chi connectivity index (χ2n) is 7.98. The van der Waals surface area contributed by atoms with Gasteiger partial charge in [0.15, 0.2) is 17.5 Å². The number of benzene rings is 1. The molecule has 29 heavy (non-hydrogen) atoms. The highest BCUT2D eigenvalue weighted by Crippen LogP contribution is 2.27. The van der Waals surface area contributed by atoms with Gasteiger partial charge in [0.1, 0.15) is 5.60 Å². The van der Waals surface area contributed by atoms with Gasteiger partial charge in [-0.1, -0.05) is 6.07 Å². The Bertz CT molecular complexity index is 750. The van der Waals surface area contributed by atoms with Crippen LogP contribution in [0.3, 0.4) is 0 Å². The summed E-state index contributed by atoms with van der Waals surface area (Å²) in [6.07, 6.45) is -0.251. The van der Waals surface area contributed by atoms with Crippen molar-refractivity contribution in [3.8, 4) is 11.5 Å². The fourth-order valence-electron chi connectivity index (χ4n) is 3.39. The van der Waals surface area contributed by atoms with Crippen LogP contribution in [0, 0.1) is 0 Å². The van der Waals surface area contributed by atoms with E-state index in [2.05, 4.69) is 15.2 Å². The van der Waals surface area contributed by atoms with Gasteiger partial charge in [-0.2, -0.15) is 0 Å². The molecular weight excluding hydrogens is 487 g/mol. The molecule has 1 fully saturated rings. The summed E-state index contributed by atoms with van der Waals surface area (Å²) in [4.78, 5) is 21.0. The van der Waals surface area contributed by atoms with Crippen molar-refractivity contribution < 1.29 is 19.0 Å². The van der Waals surface area contributed by atoms with Gasteiger partial charge in [0.2, 0.25) is 0 Å². The largest absolute Gasteiger partial charge is 0.493 e. The average Bonchev–Trinajstić information content (AvgIpc) is 3.07. The van der Waals surface area contributed by atoms with Gasteiger partial charge in [0.25, 0.3) is 0 Å². The topological polar surface area (TPSA) is 75.6 Å². The minimum atomic E-state index is -0.480. The Kier molecular flexibility index (Phi) is 7.84. The molecule has 0 saturated carbocycles. The van der Waals surface area contributed by atoms with Gasteiger partial charge in [-0.25, -0.2) is 4.79 Å². The Labute approximate surface area is 189 Å². The lowest BCUT2D eigenvalue weighted by Gasteiger charge is -2.39. The third-order valence-electron chi connectivity index (χ3n) is 4.76. The van der Waals surface area contributed by atoms with Crippen LogP contribution >= 0.6 is 24.0 Å². The monoisotopic (exact) mass is 518 g/mol. The number of nitrogens with one attached hydrogen (secondary N) is 1. The molecule has 0 spiro atoms. The number of hydrogen-bond acceptors (Lipinski definition) is 7. The molecule has 1 aromatic rings. The maximum Gasteiger partial charge on any atom is 0.410 e. The number of amides is 1. The predicted molar refractivity (Wildman–Crippen MR) is 122 cm³/mol. The Morgan fingerprint density at radius 1 is 1.21 bits per heavy atom. The van der Waals surface area contributed by atoms with Gasteiger partial charge in [0, 0.05) is 26.2 Å². The maximum atomic E-state index is 12.3. The van der Waals surface area contributed by atoms with Crippen molar-refractivity contribution in [2.24, 2.45) is 4.99 Å². The van der Waals surface area contributed by atoms with E-state index in [1.54, 1.807) is 19.1 Å². The minimum Gasteiger partial charge on any atom is -0.493 e. The molecule has 162 valence electrons. The van der Waals surface area contributed by atoms with E-state index in [9.17, 15) is 4.79 Å². The van der Waals surface area contributed by atoms with E-state index in [1.165, 1.54) is 0 Å². The number of ether oxygens (including phenoxy) is 3. The number of methoxy groups -OCH3 is 2. The van der Waals surface area contributed by atoms with Crippen LogP contribution in [-0.2, 0) is 11.3 Å². The van der Waals surface area contributed by atoms with Gasteiger partial charge in [-0.15, -0.1) is 24.0 Å². The second-order valence-corrected chi connectivity index (χ2v) is 7.98. The first-order valence-electron chi connectivity index (χ1n) is 9.54. The Morgan fingerprint density at radius 3 is 2.59 bits per heavy atom. The number of hydrogen-bond donors (Lipinski definition) is 1. The van der Waals surface area contributed by atoms with E-state index in [-0.39, 0.29) is 36.1 Å². The molecule has 1 aromatic carbocycles. The number of carbonyl (C=O) groups is 1. The molecule has 2 aliphatic heterocycles. The quantitative estimate of drug-likeness (QED) is 0.619. The third kappa shape index (κ3) is 5.80. The molecule has 3 rings (SSSR count). The van der Waals surface area contributed by atoms with Gasteiger partial charge >= 0.3 is 6.09 Å². The molecule has 1 N–H and O–H groups in total. The summed E-state index contributed by atoms with van der Waals surface area (Å²) < 4.78 is 16.1. The van der Waals surface area contributed by atoms with Crippen LogP contribution in [-0.4, -0.2) is 73.9 Å². The highest BCUT2D eigenvalue weighted by molar-refractivity contribution is 14.0. The van der Waals surface area contributed by atoms with Crippen LogP contribution in [0.4, 0.5) is 4.79 Å². The van der Waals surface area contributed by atoms with Crippen molar-refractivity contribution in [1.82, 2.24) is 15.1 Å². The van der Waals surface area contributed by atoms with E-state index in [4.69, 9.17) is 14.2 Å². The lowest BCUT2D eigenvalue weighted by molar-refractivity contribution is 0.0137. The van der Waals surface area contributed by atoms with Crippen LogP contribution in [0.25, 0.3) is 0 Å². The molecule has 0 bridgehead atoms. The van der Waals surface area contributed by atoms with Crippen molar-refractivity contribution in [2.45, 2.75) is 39.0 Å². The lowest BCUT2D eigenvalue weighted by Crippen LogP contribution is -2.57. The van der Waals surface area contributed by atoms with E-state index in [0.717, 1.165) is 18.1 Å². The summed E-state index contributed by atoms with van der Waals surface area (Å²) in [5.74, 6) is 2.30. The van der Waals surface area contributed by atoms with E-state index < -0.39 is 5.60 Å². The lowest BCUT2D eigenvalue weighted by atomic mass is 10.2. The summed E-state index contributed by atoms with van der Waals surface area (Å²) in [6, 6.07) is 6.05. The zero-order valence-corrected chi connectivity index (χ0v) is 20.1. The fraction of sp³-hybridized carbons (Fsp3) is 0.600. The third-order valence-corrected chi connectivity index (χ3v) is 4.76. The van der Waals surface area contributed by atoms with Crippen molar-refractivity contribution in [1.29, 1.82) is 0 Å². The molecule has 0 aromatic heterocycles. The molecular formula is C20H31IN4O4. The molecule has 2 aliphatic rings. The summed E-state index contributed by atoms with van der Waals surface area (Å²) in [7, 11) is 3.25. The van der Waals surface area contributed by atoms with Crippen LogP contribution in [0.2, 0.25) is 0 Å². The number of piperazine rings is 1. The van der Waals surface area contributed by atoms with Crippen molar-refractivity contribution in [3.05, 3.63) is 23.8 Å². The first-order chi connectivity index (χ1) is 13.3. The van der Waals surface area contributed by atoms with Gasteiger partial charge in [-0.05, 0) is 38.5 Å². The second kappa shape index (κ2) is 9.73. The summed E-state index contributed by atoms with van der Waals surface area (Å²) in [5, 5.41) is 3.41. The van der Waals surface area contributed by atoms with Crippen LogP contribution < -0.4 is 14.8 Å². The zero-order chi connectivity index (χ0) is 20.3. The molecule has 0 radical (unpaired) electrons. The number of halogens is 1. The number of nitrogens with zero attached hydrogens (tertiary/aromatic N) is 3. The summed E-state index contributed by atoms with van der Waals surface area (Å²) in [6.45, 7) is 8.96. The predicted octanol–water partition coefficient (Wildman–Crippen LogP) is 2.70. The van der Waals surface area contributed by atoms with Crippen LogP contribution in [0.15, 0.2) is 23.2 Å².